The van der Waals surface area contributed by atoms with E-state index in [-0.39, 0.29) is 0 Å². The van der Waals surface area contributed by atoms with Crippen LogP contribution in [0.5, 0.6) is 0 Å². The number of pyridine rings is 1. The zero-order valence-corrected chi connectivity index (χ0v) is 8.56. The predicted molar refractivity (Wildman–Crippen MR) is 57.4 cm³/mol. The standard InChI is InChI=1S/C12H13N3/c13-6-10-2-4-12(14-7-10)15-8-9-1-3-11(15)5-9/h2,4,7,9,11H,1,3,5,8H2/t9-,11+/m1/s1. The topological polar surface area (TPSA) is 39.9 Å². The molecule has 0 aromatic carbocycles. The van der Waals surface area contributed by atoms with Crippen molar-refractivity contribution < 1.29 is 0 Å². The minimum atomic E-state index is 0.642. The van der Waals surface area contributed by atoms with Crippen LogP contribution in [-0.2, 0) is 0 Å². The van der Waals surface area contributed by atoms with Crippen molar-refractivity contribution in [3.8, 4) is 6.07 Å². The predicted octanol–water partition coefficient (Wildman–Crippen LogP) is 1.94. The zero-order chi connectivity index (χ0) is 10.3. The maximum absolute atomic E-state index is 8.70. The third kappa shape index (κ3) is 1.37. The summed E-state index contributed by atoms with van der Waals surface area (Å²) in [4.78, 5) is 6.75. The second kappa shape index (κ2) is 3.23. The van der Waals surface area contributed by atoms with Gasteiger partial charge in [0.2, 0.25) is 0 Å². The van der Waals surface area contributed by atoms with Crippen molar-refractivity contribution in [2.75, 3.05) is 11.4 Å². The molecule has 3 rings (SSSR count). The first kappa shape index (κ1) is 8.72. The molecule has 2 fully saturated rings. The van der Waals surface area contributed by atoms with E-state index in [0.717, 1.165) is 18.3 Å². The summed E-state index contributed by atoms with van der Waals surface area (Å²) in [5, 5.41) is 8.70. The maximum Gasteiger partial charge on any atom is 0.128 e. The van der Waals surface area contributed by atoms with Gasteiger partial charge in [0.25, 0.3) is 0 Å². The molecule has 15 heavy (non-hydrogen) atoms. The number of nitriles is 1. The van der Waals surface area contributed by atoms with Crippen LogP contribution < -0.4 is 4.90 Å². The second-order valence-corrected chi connectivity index (χ2v) is 4.50. The summed E-state index contributed by atoms with van der Waals surface area (Å²) in [5.74, 6) is 1.92. The Balaban J connectivity index is 1.85. The number of hydrogen-bond donors (Lipinski definition) is 0. The lowest BCUT2D eigenvalue weighted by Gasteiger charge is -2.27. The lowest BCUT2D eigenvalue weighted by Crippen LogP contribution is -2.32. The molecule has 0 unspecified atom stereocenters. The molecule has 0 radical (unpaired) electrons. The van der Waals surface area contributed by atoms with Crippen LogP contribution in [0.25, 0.3) is 0 Å². The molecule has 76 valence electrons. The normalized spacial score (nSPS) is 28.1. The molecule has 3 nitrogen and oxygen atoms in total. The van der Waals surface area contributed by atoms with Crippen molar-refractivity contribution >= 4 is 5.82 Å². The molecule has 0 spiro atoms. The molecule has 2 atom stereocenters. The molecule has 1 aliphatic carbocycles. The number of anilines is 1. The fourth-order valence-corrected chi connectivity index (χ4v) is 2.83. The summed E-state index contributed by atoms with van der Waals surface area (Å²) in [6.07, 6.45) is 5.70. The molecule has 1 saturated heterocycles. The number of rotatable bonds is 1. The first-order chi connectivity index (χ1) is 7.36. The Morgan fingerprint density at radius 3 is 2.87 bits per heavy atom. The van der Waals surface area contributed by atoms with Gasteiger partial charge in [-0.2, -0.15) is 5.26 Å². The van der Waals surface area contributed by atoms with E-state index in [1.807, 2.05) is 12.1 Å². The van der Waals surface area contributed by atoms with E-state index in [9.17, 15) is 0 Å². The van der Waals surface area contributed by atoms with Gasteiger partial charge in [-0.25, -0.2) is 4.98 Å². The van der Waals surface area contributed by atoms with Gasteiger partial charge in [0.05, 0.1) is 5.56 Å². The molecule has 1 saturated carbocycles. The van der Waals surface area contributed by atoms with Gasteiger partial charge in [-0.15, -0.1) is 0 Å². The lowest BCUT2D eigenvalue weighted by molar-refractivity contribution is 0.550. The van der Waals surface area contributed by atoms with Crippen molar-refractivity contribution in [2.24, 2.45) is 5.92 Å². The second-order valence-electron chi connectivity index (χ2n) is 4.50. The number of hydrogen-bond acceptors (Lipinski definition) is 3. The van der Waals surface area contributed by atoms with E-state index < -0.39 is 0 Å². The molecule has 0 amide bonds. The van der Waals surface area contributed by atoms with Crippen LogP contribution in [-0.4, -0.2) is 17.6 Å². The van der Waals surface area contributed by atoms with E-state index in [1.165, 1.54) is 19.3 Å². The van der Waals surface area contributed by atoms with Crippen LogP contribution in [0.4, 0.5) is 5.82 Å². The smallest absolute Gasteiger partial charge is 0.128 e. The fourth-order valence-electron chi connectivity index (χ4n) is 2.83. The van der Waals surface area contributed by atoms with E-state index in [4.69, 9.17) is 5.26 Å². The molecule has 2 heterocycles. The van der Waals surface area contributed by atoms with E-state index in [2.05, 4.69) is 16.0 Å². The minimum Gasteiger partial charge on any atom is -0.353 e. The number of piperidine rings is 1. The van der Waals surface area contributed by atoms with Gasteiger partial charge >= 0.3 is 0 Å². The Morgan fingerprint density at radius 2 is 2.33 bits per heavy atom. The van der Waals surface area contributed by atoms with Gasteiger partial charge in [0.1, 0.15) is 11.9 Å². The number of nitrogens with zero attached hydrogens (tertiary/aromatic N) is 3. The van der Waals surface area contributed by atoms with Gasteiger partial charge in [-0.1, -0.05) is 0 Å². The Kier molecular flexibility index (Phi) is 1.88. The Labute approximate surface area is 89.3 Å². The molecule has 3 heteroatoms. The van der Waals surface area contributed by atoms with Crippen molar-refractivity contribution in [1.82, 2.24) is 4.98 Å². The summed E-state index contributed by atoms with van der Waals surface area (Å²) >= 11 is 0. The third-order valence-corrected chi connectivity index (χ3v) is 3.58. The molecular weight excluding hydrogens is 186 g/mol. The molecule has 0 N–H and O–H groups in total. The average Bonchev–Trinajstić information content (AvgIpc) is 2.91. The molecule has 1 aromatic heterocycles. The molecule has 1 aliphatic heterocycles. The Morgan fingerprint density at radius 1 is 1.40 bits per heavy atom. The van der Waals surface area contributed by atoms with E-state index >= 15 is 0 Å². The van der Waals surface area contributed by atoms with Crippen molar-refractivity contribution in [1.29, 1.82) is 5.26 Å². The Hall–Kier alpha value is -1.56. The summed E-state index contributed by atoms with van der Waals surface area (Å²) in [6, 6.07) is 6.63. The highest BCUT2D eigenvalue weighted by Gasteiger charge is 2.38. The molecule has 2 bridgehead atoms. The van der Waals surface area contributed by atoms with Crippen LogP contribution in [0, 0.1) is 17.2 Å². The number of fused-ring (bicyclic) bond motifs is 2. The van der Waals surface area contributed by atoms with Crippen molar-refractivity contribution in [2.45, 2.75) is 25.3 Å². The quantitative estimate of drug-likeness (QED) is 0.694. The van der Waals surface area contributed by atoms with Crippen LogP contribution in [0.15, 0.2) is 18.3 Å². The van der Waals surface area contributed by atoms with Crippen molar-refractivity contribution in [3.63, 3.8) is 0 Å². The summed E-state index contributed by atoms with van der Waals surface area (Å²) < 4.78 is 0. The maximum atomic E-state index is 8.70. The first-order valence-corrected chi connectivity index (χ1v) is 5.49. The fraction of sp³-hybridized carbons (Fsp3) is 0.500. The van der Waals surface area contributed by atoms with E-state index in [1.54, 1.807) is 6.20 Å². The Bertz CT molecular complexity index is 404. The third-order valence-electron chi connectivity index (χ3n) is 3.58. The summed E-state index contributed by atoms with van der Waals surface area (Å²) in [6.45, 7) is 1.16. The average molecular weight is 199 g/mol. The van der Waals surface area contributed by atoms with E-state index in [0.29, 0.717) is 11.6 Å². The van der Waals surface area contributed by atoms with Crippen LogP contribution in [0.2, 0.25) is 0 Å². The number of aromatic nitrogens is 1. The first-order valence-electron chi connectivity index (χ1n) is 5.49. The van der Waals surface area contributed by atoms with Crippen LogP contribution in [0.3, 0.4) is 0 Å². The minimum absolute atomic E-state index is 0.642. The monoisotopic (exact) mass is 199 g/mol. The van der Waals surface area contributed by atoms with Gasteiger partial charge in [0.15, 0.2) is 0 Å². The summed E-state index contributed by atoms with van der Waals surface area (Å²) in [7, 11) is 0. The molecule has 1 aromatic rings. The van der Waals surface area contributed by atoms with Gasteiger partial charge in [0, 0.05) is 18.8 Å². The highest BCUT2D eigenvalue weighted by molar-refractivity contribution is 5.44. The molecular formula is C12H13N3. The molecule has 2 aliphatic rings. The van der Waals surface area contributed by atoms with Gasteiger partial charge < -0.3 is 4.90 Å². The van der Waals surface area contributed by atoms with Crippen LogP contribution >= 0.6 is 0 Å². The van der Waals surface area contributed by atoms with Crippen molar-refractivity contribution in [3.05, 3.63) is 23.9 Å². The van der Waals surface area contributed by atoms with Crippen LogP contribution in [0.1, 0.15) is 24.8 Å². The largest absolute Gasteiger partial charge is 0.353 e. The highest BCUT2D eigenvalue weighted by Crippen LogP contribution is 2.39. The van der Waals surface area contributed by atoms with Gasteiger partial charge in [-0.3, -0.25) is 0 Å². The summed E-state index contributed by atoms with van der Waals surface area (Å²) in [5.41, 5.74) is 0.642. The lowest BCUT2D eigenvalue weighted by atomic mass is 10.1. The zero-order valence-electron chi connectivity index (χ0n) is 8.56. The van der Waals surface area contributed by atoms with Gasteiger partial charge in [-0.05, 0) is 37.3 Å². The SMILES string of the molecule is N#Cc1ccc(N2C[C@@H]3CC[C@H]2C3)nc1. The highest BCUT2D eigenvalue weighted by atomic mass is 15.2.